The first kappa shape index (κ1) is 12.8. The van der Waals surface area contributed by atoms with Gasteiger partial charge in [-0.2, -0.15) is 5.10 Å². The van der Waals surface area contributed by atoms with Crippen LogP contribution in [0.25, 0.3) is 10.9 Å². The van der Waals surface area contributed by atoms with E-state index in [0.29, 0.717) is 12.2 Å². The number of nitrogens with one attached hydrogen (secondary N) is 2. The summed E-state index contributed by atoms with van der Waals surface area (Å²) in [7, 11) is 0. The van der Waals surface area contributed by atoms with E-state index in [1.807, 2.05) is 29.6 Å². The molecule has 20 heavy (non-hydrogen) atoms. The van der Waals surface area contributed by atoms with Gasteiger partial charge in [0.25, 0.3) is 5.91 Å². The van der Waals surface area contributed by atoms with Gasteiger partial charge >= 0.3 is 0 Å². The fraction of sp³-hybridized carbons (Fsp3) is 0.214. The zero-order chi connectivity index (χ0) is 13.8. The van der Waals surface area contributed by atoms with Crippen LogP contribution in [0.5, 0.6) is 0 Å². The summed E-state index contributed by atoms with van der Waals surface area (Å²) in [6.07, 6.45) is 3.56. The number of fused-ring (bicyclic) bond motifs is 1. The normalized spacial score (nSPS) is 10.8. The standard InChI is InChI=1S/C14H14N4OS/c19-14(16-7-3-6-12-15-8-9-20-12)13-10-4-1-2-5-11(10)17-18-13/h1-2,4-5,8-9H,3,6-7H2,(H,16,19)(H,17,18). The number of para-hydroxylation sites is 1. The smallest absolute Gasteiger partial charge is 0.272 e. The van der Waals surface area contributed by atoms with Gasteiger partial charge in [-0.05, 0) is 12.5 Å². The minimum Gasteiger partial charge on any atom is -0.351 e. The number of H-pyrrole nitrogens is 1. The zero-order valence-electron chi connectivity index (χ0n) is 10.8. The Hall–Kier alpha value is -2.21. The van der Waals surface area contributed by atoms with E-state index in [9.17, 15) is 4.79 Å². The van der Waals surface area contributed by atoms with Gasteiger partial charge in [0.15, 0.2) is 5.69 Å². The molecule has 1 amide bonds. The number of carbonyl (C=O) groups is 1. The van der Waals surface area contributed by atoms with Crippen LogP contribution in [0.3, 0.4) is 0 Å². The molecule has 0 bridgehead atoms. The van der Waals surface area contributed by atoms with E-state index in [4.69, 9.17) is 0 Å². The molecule has 2 heterocycles. The number of benzene rings is 1. The quantitative estimate of drug-likeness (QED) is 0.707. The number of aromatic amines is 1. The van der Waals surface area contributed by atoms with E-state index in [-0.39, 0.29) is 5.91 Å². The lowest BCUT2D eigenvalue weighted by atomic mass is 10.2. The van der Waals surface area contributed by atoms with Crippen LogP contribution < -0.4 is 5.32 Å². The van der Waals surface area contributed by atoms with Crippen molar-refractivity contribution < 1.29 is 4.79 Å². The molecule has 0 unspecified atom stereocenters. The Balaban J connectivity index is 1.56. The lowest BCUT2D eigenvalue weighted by molar-refractivity contribution is 0.0950. The average Bonchev–Trinajstić information content (AvgIpc) is 3.12. The van der Waals surface area contributed by atoms with Crippen LogP contribution in [0.15, 0.2) is 35.8 Å². The van der Waals surface area contributed by atoms with Crippen LogP contribution in [0, 0.1) is 0 Å². The van der Waals surface area contributed by atoms with Crippen LogP contribution in [0.1, 0.15) is 21.9 Å². The Kier molecular flexibility index (Phi) is 3.73. The molecular weight excluding hydrogens is 272 g/mol. The summed E-state index contributed by atoms with van der Waals surface area (Å²) in [6, 6.07) is 7.61. The van der Waals surface area contributed by atoms with Gasteiger partial charge in [-0.1, -0.05) is 18.2 Å². The largest absolute Gasteiger partial charge is 0.351 e. The van der Waals surface area contributed by atoms with Gasteiger partial charge in [-0.3, -0.25) is 9.89 Å². The lowest BCUT2D eigenvalue weighted by Crippen LogP contribution is -2.25. The number of nitrogens with zero attached hydrogens (tertiary/aromatic N) is 2. The van der Waals surface area contributed by atoms with Gasteiger partial charge in [-0.15, -0.1) is 11.3 Å². The zero-order valence-corrected chi connectivity index (χ0v) is 11.6. The summed E-state index contributed by atoms with van der Waals surface area (Å²) >= 11 is 1.64. The Labute approximate surface area is 120 Å². The highest BCUT2D eigenvalue weighted by Gasteiger charge is 2.12. The summed E-state index contributed by atoms with van der Waals surface area (Å²) in [6.45, 7) is 0.625. The van der Waals surface area contributed by atoms with Gasteiger partial charge in [0.1, 0.15) is 0 Å². The van der Waals surface area contributed by atoms with Gasteiger partial charge < -0.3 is 5.32 Å². The van der Waals surface area contributed by atoms with Crippen molar-refractivity contribution in [3.8, 4) is 0 Å². The van der Waals surface area contributed by atoms with Crippen LogP contribution in [0.4, 0.5) is 0 Å². The van der Waals surface area contributed by atoms with E-state index in [1.165, 1.54) is 0 Å². The molecule has 0 aliphatic heterocycles. The lowest BCUT2D eigenvalue weighted by Gasteiger charge is -2.02. The molecule has 0 aliphatic carbocycles. The van der Waals surface area contributed by atoms with Crippen LogP contribution in [-0.2, 0) is 6.42 Å². The summed E-state index contributed by atoms with van der Waals surface area (Å²) in [5, 5.41) is 13.7. The number of aryl methyl sites for hydroxylation is 1. The molecule has 102 valence electrons. The number of carbonyl (C=O) groups excluding carboxylic acids is 1. The molecule has 0 atom stereocenters. The van der Waals surface area contributed by atoms with Crippen molar-refractivity contribution in [1.82, 2.24) is 20.5 Å². The van der Waals surface area contributed by atoms with E-state index in [0.717, 1.165) is 28.8 Å². The first-order valence-electron chi connectivity index (χ1n) is 6.44. The SMILES string of the molecule is O=C(NCCCc1nccs1)c1n[nH]c2ccccc12. The first-order valence-corrected chi connectivity index (χ1v) is 7.32. The van der Waals surface area contributed by atoms with E-state index >= 15 is 0 Å². The van der Waals surface area contributed by atoms with Crippen molar-refractivity contribution in [2.75, 3.05) is 6.54 Å². The molecule has 0 radical (unpaired) electrons. The topological polar surface area (TPSA) is 70.7 Å². The summed E-state index contributed by atoms with van der Waals surface area (Å²) in [5.74, 6) is -0.137. The monoisotopic (exact) mass is 286 g/mol. The predicted molar refractivity (Wildman–Crippen MR) is 78.9 cm³/mol. The Bertz CT molecular complexity index is 705. The van der Waals surface area contributed by atoms with Gasteiger partial charge in [0.05, 0.1) is 10.5 Å². The fourth-order valence-corrected chi connectivity index (χ4v) is 2.70. The van der Waals surface area contributed by atoms with E-state index < -0.39 is 0 Å². The maximum atomic E-state index is 12.1. The van der Waals surface area contributed by atoms with E-state index in [1.54, 1.807) is 17.5 Å². The Morgan fingerprint density at radius 2 is 2.25 bits per heavy atom. The van der Waals surface area contributed by atoms with Crippen molar-refractivity contribution in [1.29, 1.82) is 0 Å². The number of hydrogen-bond donors (Lipinski definition) is 2. The van der Waals surface area contributed by atoms with E-state index in [2.05, 4.69) is 20.5 Å². The fourth-order valence-electron chi connectivity index (χ4n) is 2.04. The molecule has 2 aromatic heterocycles. The highest BCUT2D eigenvalue weighted by molar-refractivity contribution is 7.09. The van der Waals surface area contributed by atoms with Crippen LogP contribution in [0.2, 0.25) is 0 Å². The van der Waals surface area contributed by atoms with Crippen molar-refractivity contribution >= 4 is 28.1 Å². The van der Waals surface area contributed by atoms with Crippen molar-refractivity contribution in [3.63, 3.8) is 0 Å². The first-order chi connectivity index (χ1) is 9.84. The molecule has 0 fully saturated rings. The second-order valence-corrected chi connectivity index (χ2v) is 5.38. The molecule has 5 nitrogen and oxygen atoms in total. The van der Waals surface area contributed by atoms with Gasteiger partial charge in [0, 0.05) is 29.9 Å². The molecule has 3 rings (SSSR count). The number of thiazole rings is 1. The number of hydrogen-bond acceptors (Lipinski definition) is 4. The van der Waals surface area contributed by atoms with Crippen LogP contribution in [-0.4, -0.2) is 27.6 Å². The van der Waals surface area contributed by atoms with Crippen molar-refractivity contribution in [2.45, 2.75) is 12.8 Å². The Morgan fingerprint density at radius 3 is 3.10 bits per heavy atom. The average molecular weight is 286 g/mol. The predicted octanol–water partition coefficient (Wildman–Crippen LogP) is 2.38. The molecule has 3 aromatic rings. The summed E-state index contributed by atoms with van der Waals surface area (Å²) in [5.41, 5.74) is 1.33. The number of rotatable bonds is 5. The highest BCUT2D eigenvalue weighted by Crippen LogP contribution is 2.14. The van der Waals surface area contributed by atoms with Crippen molar-refractivity contribution in [2.24, 2.45) is 0 Å². The highest BCUT2D eigenvalue weighted by atomic mass is 32.1. The molecule has 0 saturated carbocycles. The third kappa shape index (κ3) is 2.70. The molecule has 6 heteroatoms. The maximum Gasteiger partial charge on any atom is 0.272 e. The molecule has 2 N–H and O–H groups in total. The minimum atomic E-state index is -0.137. The Morgan fingerprint density at radius 1 is 1.35 bits per heavy atom. The summed E-state index contributed by atoms with van der Waals surface area (Å²) in [4.78, 5) is 16.3. The van der Waals surface area contributed by atoms with Crippen LogP contribution >= 0.6 is 11.3 Å². The molecule has 0 aliphatic rings. The van der Waals surface area contributed by atoms with Crippen molar-refractivity contribution in [3.05, 3.63) is 46.5 Å². The van der Waals surface area contributed by atoms with Gasteiger partial charge in [0.2, 0.25) is 0 Å². The third-order valence-electron chi connectivity index (χ3n) is 3.02. The molecule has 0 saturated heterocycles. The second kappa shape index (κ2) is 5.83. The number of amides is 1. The molecular formula is C14H14N4OS. The van der Waals surface area contributed by atoms with Gasteiger partial charge in [-0.25, -0.2) is 4.98 Å². The molecule has 0 spiro atoms. The maximum absolute atomic E-state index is 12.1. The second-order valence-electron chi connectivity index (χ2n) is 4.40. The molecule has 1 aromatic carbocycles. The summed E-state index contributed by atoms with van der Waals surface area (Å²) < 4.78 is 0. The number of aromatic nitrogens is 3. The minimum absolute atomic E-state index is 0.137. The third-order valence-corrected chi connectivity index (χ3v) is 3.86.